The molecule has 0 saturated heterocycles. The molecule has 0 aliphatic carbocycles. The van der Waals surface area contributed by atoms with E-state index in [0.29, 0.717) is 5.56 Å². The summed E-state index contributed by atoms with van der Waals surface area (Å²) >= 11 is 0. The molecule has 0 aliphatic rings. The predicted octanol–water partition coefficient (Wildman–Crippen LogP) is 1.79. The van der Waals surface area contributed by atoms with Crippen LogP contribution in [0.15, 0.2) is 12.1 Å². The van der Waals surface area contributed by atoms with Crippen molar-refractivity contribution in [3.63, 3.8) is 0 Å². The number of aryl methyl sites for hydroxylation is 2. The van der Waals surface area contributed by atoms with Crippen molar-refractivity contribution < 1.29 is 0 Å². The van der Waals surface area contributed by atoms with Crippen molar-refractivity contribution in [2.24, 2.45) is 0 Å². The van der Waals surface area contributed by atoms with Crippen molar-refractivity contribution in [3.8, 4) is 6.07 Å². The zero-order chi connectivity index (χ0) is 10.4. The summed E-state index contributed by atoms with van der Waals surface area (Å²) in [7, 11) is 0. The van der Waals surface area contributed by atoms with E-state index in [2.05, 4.69) is 6.07 Å². The van der Waals surface area contributed by atoms with Crippen LogP contribution >= 0.6 is 0 Å². The fraction of sp³-hybridized carbons (Fsp3) is 0.222. The molecule has 0 saturated carbocycles. The molecule has 66 valence electrons. The van der Waals surface area contributed by atoms with Crippen molar-refractivity contribution in [1.82, 2.24) is 0 Å². The lowest BCUT2D eigenvalue weighted by atomic mass is 10.1. The number of nitrogen functional groups attached to an aromatic ring is 1. The second-order valence-corrected chi connectivity index (χ2v) is 2.64. The van der Waals surface area contributed by atoms with E-state index in [0.717, 1.165) is 16.8 Å². The number of hydrogen-bond acceptors (Lipinski definition) is 4. The van der Waals surface area contributed by atoms with Crippen LogP contribution in [0.5, 0.6) is 0 Å². The number of nitrogens with zero attached hydrogens (tertiary/aromatic N) is 3. The van der Waals surface area contributed by atoms with Gasteiger partial charge in [-0.15, -0.1) is 0 Å². The molecule has 2 N–H and O–H groups in total. The normalized spacial score (nSPS) is 7.92. The molecule has 4 heteroatoms. The number of rotatable bonds is 0. The third-order valence-electron chi connectivity index (χ3n) is 1.72. The number of nitriles is 1. The minimum Gasteiger partial charge on any atom is -0.398 e. The Kier molecular flexibility index (Phi) is 3.98. The molecule has 0 atom stereocenters. The Balaban J connectivity index is 0.000000671. The van der Waals surface area contributed by atoms with Gasteiger partial charge in [-0.25, -0.2) is 0 Å². The van der Waals surface area contributed by atoms with Gasteiger partial charge >= 0.3 is 0 Å². The molecule has 4 nitrogen and oxygen atoms in total. The SMILES string of the molecule is Cc1cc(C#N)cc(C)c1N.N#N. The summed E-state index contributed by atoms with van der Waals surface area (Å²) in [6.07, 6.45) is 0. The van der Waals surface area contributed by atoms with Crippen LogP contribution in [-0.2, 0) is 0 Å². The highest BCUT2D eigenvalue weighted by atomic mass is 14.6. The average molecular weight is 174 g/mol. The highest BCUT2D eigenvalue weighted by molar-refractivity contribution is 5.56. The zero-order valence-corrected chi connectivity index (χ0v) is 7.57. The molecule has 13 heavy (non-hydrogen) atoms. The van der Waals surface area contributed by atoms with Crippen LogP contribution in [0.4, 0.5) is 5.69 Å². The monoisotopic (exact) mass is 174 g/mol. The molecule has 1 aromatic rings. The van der Waals surface area contributed by atoms with Gasteiger partial charge in [0.1, 0.15) is 0 Å². The first-order valence-corrected chi connectivity index (χ1v) is 3.62. The van der Waals surface area contributed by atoms with E-state index in [-0.39, 0.29) is 0 Å². The molecule has 0 aromatic heterocycles. The zero-order valence-electron chi connectivity index (χ0n) is 7.57. The number of anilines is 1. The first kappa shape index (κ1) is 10.9. The van der Waals surface area contributed by atoms with Crippen LogP contribution in [0.3, 0.4) is 0 Å². The summed E-state index contributed by atoms with van der Waals surface area (Å²) in [6, 6.07) is 5.67. The fourth-order valence-corrected chi connectivity index (χ4v) is 1.04. The molecular formula is C9H10N4. The first-order valence-electron chi connectivity index (χ1n) is 3.62. The topological polar surface area (TPSA) is 97.4 Å². The predicted molar refractivity (Wildman–Crippen MR) is 48.5 cm³/mol. The summed E-state index contributed by atoms with van der Waals surface area (Å²) in [5.74, 6) is 0. The molecule has 0 heterocycles. The molecule has 1 rings (SSSR count). The maximum absolute atomic E-state index is 8.59. The summed E-state index contributed by atoms with van der Waals surface area (Å²) in [5, 5.41) is 20.6. The first-order chi connectivity index (χ1) is 6.15. The summed E-state index contributed by atoms with van der Waals surface area (Å²) in [5.41, 5.74) is 9.10. The maximum Gasteiger partial charge on any atom is 0.0991 e. The van der Waals surface area contributed by atoms with E-state index in [1.54, 1.807) is 12.1 Å². The summed E-state index contributed by atoms with van der Waals surface area (Å²) in [6.45, 7) is 3.81. The van der Waals surface area contributed by atoms with E-state index < -0.39 is 0 Å². The molecular weight excluding hydrogens is 164 g/mol. The lowest BCUT2D eigenvalue weighted by molar-refractivity contribution is 1.15. The molecule has 0 unspecified atom stereocenters. The van der Waals surface area contributed by atoms with Gasteiger partial charge in [0.15, 0.2) is 0 Å². The van der Waals surface area contributed by atoms with Gasteiger partial charge in [0.25, 0.3) is 0 Å². The van der Waals surface area contributed by atoms with Crippen LogP contribution in [0.1, 0.15) is 16.7 Å². The summed E-state index contributed by atoms with van der Waals surface area (Å²) in [4.78, 5) is 0. The number of nitrogens with two attached hydrogens (primary N) is 1. The third-order valence-corrected chi connectivity index (χ3v) is 1.72. The van der Waals surface area contributed by atoms with E-state index in [9.17, 15) is 0 Å². The lowest BCUT2D eigenvalue weighted by Gasteiger charge is -2.03. The molecule has 0 radical (unpaired) electrons. The van der Waals surface area contributed by atoms with Crippen molar-refractivity contribution >= 4 is 5.69 Å². The number of benzene rings is 1. The van der Waals surface area contributed by atoms with Crippen LogP contribution in [0, 0.1) is 36.0 Å². The van der Waals surface area contributed by atoms with Crippen molar-refractivity contribution in [3.05, 3.63) is 28.8 Å². The Hall–Kier alpha value is -2.07. The Bertz CT molecular complexity index is 337. The van der Waals surface area contributed by atoms with Gasteiger partial charge in [-0.3, -0.25) is 0 Å². The van der Waals surface area contributed by atoms with Crippen molar-refractivity contribution in [2.75, 3.05) is 5.73 Å². The number of hydrogen-bond donors (Lipinski definition) is 1. The van der Waals surface area contributed by atoms with E-state index >= 15 is 0 Å². The van der Waals surface area contributed by atoms with Gasteiger partial charge in [-0.05, 0) is 37.1 Å². The largest absolute Gasteiger partial charge is 0.398 e. The maximum atomic E-state index is 8.59. The quantitative estimate of drug-likeness (QED) is 0.478. The minimum atomic E-state index is 0.675. The highest BCUT2D eigenvalue weighted by Crippen LogP contribution is 2.17. The molecule has 0 fully saturated rings. The Morgan fingerprint density at radius 3 is 1.85 bits per heavy atom. The van der Waals surface area contributed by atoms with Gasteiger partial charge in [0, 0.05) is 16.5 Å². The molecule has 0 spiro atoms. The summed E-state index contributed by atoms with van der Waals surface area (Å²) < 4.78 is 0. The van der Waals surface area contributed by atoms with Gasteiger partial charge in [-0.2, -0.15) is 5.26 Å². The minimum absolute atomic E-state index is 0.675. The van der Waals surface area contributed by atoms with Crippen molar-refractivity contribution in [2.45, 2.75) is 13.8 Å². The van der Waals surface area contributed by atoms with E-state index in [1.807, 2.05) is 13.8 Å². The van der Waals surface area contributed by atoms with Gasteiger partial charge in [0.2, 0.25) is 0 Å². The molecule has 0 aliphatic heterocycles. The van der Waals surface area contributed by atoms with Gasteiger partial charge in [0.05, 0.1) is 11.6 Å². The molecule has 0 amide bonds. The van der Waals surface area contributed by atoms with Gasteiger partial charge in [-0.1, -0.05) is 0 Å². The fourth-order valence-electron chi connectivity index (χ4n) is 1.04. The lowest BCUT2D eigenvalue weighted by Crippen LogP contribution is -1.94. The standard InChI is InChI=1S/C9H10N2.N2/c1-6-3-8(5-10)4-7(2)9(6)11;1-2/h3-4H,11H2,1-2H3;. The van der Waals surface area contributed by atoms with E-state index in [4.69, 9.17) is 21.8 Å². The molecule has 0 bridgehead atoms. The highest BCUT2D eigenvalue weighted by Gasteiger charge is 1.99. The van der Waals surface area contributed by atoms with Gasteiger partial charge < -0.3 is 5.73 Å². The molecule has 1 aromatic carbocycles. The second kappa shape index (κ2) is 4.74. The van der Waals surface area contributed by atoms with Crippen LogP contribution in [0.2, 0.25) is 0 Å². The van der Waals surface area contributed by atoms with Crippen molar-refractivity contribution in [1.29, 1.82) is 16.0 Å². The van der Waals surface area contributed by atoms with Crippen LogP contribution in [-0.4, -0.2) is 0 Å². The van der Waals surface area contributed by atoms with E-state index in [1.165, 1.54) is 0 Å². The Morgan fingerprint density at radius 1 is 1.15 bits per heavy atom. The van der Waals surface area contributed by atoms with Crippen LogP contribution in [0.25, 0.3) is 0 Å². The smallest absolute Gasteiger partial charge is 0.0991 e. The Labute approximate surface area is 77.0 Å². The average Bonchev–Trinajstić information content (AvgIpc) is 2.16. The second-order valence-electron chi connectivity index (χ2n) is 2.64. The third kappa shape index (κ3) is 2.46. The van der Waals surface area contributed by atoms with Crippen LogP contribution < -0.4 is 5.73 Å². The Morgan fingerprint density at radius 2 is 1.54 bits per heavy atom.